The van der Waals surface area contributed by atoms with Gasteiger partial charge in [0.2, 0.25) is 0 Å². The van der Waals surface area contributed by atoms with Gasteiger partial charge in [0.05, 0.1) is 37.3 Å². The fourth-order valence-electron chi connectivity index (χ4n) is 1.75. The maximum Gasteiger partial charge on any atom is 0.141 e. The number of aromatic nitrogens is 3. The third kappa shape index (κ3) is 1.59. The molecular weight excluding hydrogens is 209 g/mol. The molecule has 0 radical (unpaired) electrons. The molecule has 16 heavy (non-hydrogen) atoms. The Labute approximate surface area is 91.7 Å². The molecule has 0 saturated carbocycles. The van der Waals surface area contributed by atoms with Gasteiger partial charge in [-0.3, -0.25) is 9.67 Å². The fraction of sp³-hybridized carbons (Fsp3) is 0.273. The molecule has 3 heterocycles. The fourth-order valence-corrected chi connectivity index (χ4v) is 1.75. The monoisotopic (exact) mass is 219 g/mol. The molecule has 2 aromatic heterocycles. The number of fused-ring (bicyclic) bond motifs is 1. The molecule has 0 aliphatic carbocycles. The van der Waals surface area contributed by atoms with E-state index in [0.717, 1.165) is 17.9 Å². The van der Waals surface area contributed by atoms with E-state index >= 15 is 0 Å². The Hall–Kier alpha value is -1.75. The molecule has 0 N–H and O–H groups in total. The first-order valence-electron chi connectivity index (χ1n) is 5.09. The molecular formula is C11H10FN3O. The van der Waals surface area contributed by atoms with Crippen LogP contribution in [0.1, 0.15) is 5.69 Å². The lowest BCUT2D eigenvalue weighted by molar-refractivity contribution is 0.0801. The lowest BCUT2D eigenvalue weighted by atomic mass is 10.2. The average molecular weight is 219 g/mol. The van der Waals surface area contributed by atoms with Crippen molar-refractivity contribution in [3.05, 3.63) is 35.9 Å². The van der Waals surface area contributed by atoms with Crippen LogP contribution >= 0.6 is 0 Å². The molecule has 3 rings (SSSR count). The first-order chi connectivity index (χ1) is 7.83. The Bertz CT molecular complexity index is 483. The molecule has 82 valence electrons. The topological polar surface area (TPSA) is 39.9 Å². The van der Waals surface area contributed by atoms with Gasteiger partial charge in [-0.2, -0.15) is 5.10 Å². The van der Waals surface area contributed by atoms with E-state index in [1.165, 1.54) is 12.3 Å². The second kappa shape index (κ2) is 3.68. The minimum atomic E-state index is -0.337. The largest absolute Gasteiger partial charge is 0.373 e. The lowest BCUT2D eigenvalue weighted by Gasteiger charge is -2.12. The van der Waals surface area contributed by atoms with Gasteiger partial charge in [0.1, 0.15) is 11.5 Å². The van der Waals surface area contributed by atoms with E-state index in [1.54, 1.807) is 6.07 Å². The SMILES string of the molecule is Fc1ccc(-c2cc3n(n2)CCOC3)nc1. The average Bonchev–Trinajstić information content (AvgIpc) is 2.73. The molecule has 0 fully saturated rings. The molecule has 0 atom stereocenters. The summed E-state index contributed by atoms with van der Waals surface area (Å²) in [4.78, 5) is 4.00. The second-order valence-corrected chi connectivity index (χ2v) is 3.66. The van der Waals surface area contributed by atoms with Crippen molar-refractivity contribution < 1.29 is 9.13 Å². The van der Waals surface area contributed by atoms with Crippen LogP contribution in [0.4, 0.5) is 4.39 Å². The van der Waals surface area contributed by atoms with E-state index in [-0.39, 0.29) is 5.82 Å². The van der Waals surface area contributed by atoms with Gasteiger partial charge in [-0.25, -0.2) is 4.39 Å². The van der Waals surface area contributed by atoms with Gasteiger partial charge >= 0.3 is 0 Å². The Balaban J connectivity index is 2.00. The molecule has 4 nitrogen and oxygen atoms in total. The van der Waals surface area contributed by atoms with Crippen LogP contribution < -0.4 is 0 Å². The predicted octanol–water partition coefficient (Wildman–Crippen LogP) is 1.61. The van der Waals surface area contributed by atoms with Crippen molar-refractivity contribution >= 4 is 0 Å². The first-order valence-corrected chi connectivity index (χ1v) is 5.09. The van der Waals surface area contributed by atoms with Gasteiger partial charge in [0.25, 0.3) is 0 Å². The normalized spacial score (nSPS) is 14.8. The van der Waals surface area contributed by atoms with E-state index in [1.807, 2.05) is 10.7 Å². The standard InChI is InChI=1S/C11H10FN3O/c12-8-1-2-10(13-6-8)11-5-9-7-16-4-3-15(9)14-11/h1-2,5-6H,3-4,7H2. The molecule has 0 aromatic carbocycles. The second-order valence-electron chi connectivity index (χ2n) is 3.66. The number of pyridine rings is 1. The van der Waals surface area contributed by atoms with Gasteiger partial charge in [0.15, 0.2) is 0 Å². The summed E-state index contributed by atoms with van der Waals surface area (Å²) in [5.41, 5.74) is 2.48. The Morgan fingerprint density at radius 2 is 2.25 bits per heavy atom. The zero-order valence-corrected chi connectivity index (χ0v) is 8.56. The molecule has 0 saturated heterocycles. The van der Waals surface area contributed by atoms with E-state index in [4.69, 9.17) is 4.74 Å². The summed E-state index contributed by atoms with van der Waals surface area (Å²) < 4.78 is 20.0. The van der Waals surface area contributed by atoms with E-state index in [0.29, 0.717) is 18.9 Å². The van der Waals surface area contributed by atoms with Crippen LogP contribution in [0.5, 0.6) is 0 Å². The van der Waals surface area contributed by atoms with E-state index in [2.05, 4.69) is 10.1 Å². The molecule has 0 amide bonds. The highest BCUT2D eigenvalue weighted by atomic mass is 19.1. The van der Waals surface area contributed by atoms with Gasteiger partial charge in [-0.15, -0.1) is 0 Å². The third-order valence-corrected chi connectivity index (χ3v) is 2.55. The van der Waals surface area contributed by atoms with Crippen molar-refractivity contribution in [3.63, 3.8) is 0 Å². The highest BCUT2D eigenvalue weighted by Crippen LogP contribution is 2.19. The molecule has 1 aliphatic rings. The number of hydrogen-bond acceptors (Lipinski definition) is 3. The summed E-state index contributed by atoms with van der Waals surface area (Å²) in [6, 6.07) is 4.95. The summed E-state index contributed by atoms with van der Waals surface area (Å²) in [5, 5.41) is 4.40. The minimum Gasteiger partial charge on any atom is -0.373 e. The number of ether oxygens (including phenoxy) is 1. The van der Waals surface area contributed by atoms with Gasteiger partial charge < -0.3 is 4.74 Å². The molecule has 5 heteroatoms. The number of halogens is 1. The summed E-state index contributed by atoms with van der Waals surface area (Å²) in [6.45, 7) is 2.02. The summed E-state index contributed by atoms with van der Waals surface area (Å²) in [6.07, 6.45) is 1.20. The van der Waals surface area contributed by atoms with Crippen molar-refractivity contribution in [2.75, 3.05) is 6.61 Å². The number of hydrogen-bond donors (Lipinski definition) is 0. The van der Waals surface area contributed by atoms with Crippen molar-refractivity contribution in [1.29, 1.82) is 0 Å². The van der Waals surface area contributed by atoms with Gasteiger partial charge in [-0.1, -0.05) is 0 Å². The van der Waals surface area contributed by atoms with Crippen molar-refractivity contribution in [2.45, 2.75) is 13.2 Å². The Kier molecular flexibility index (Phi) is 2.18. The smallest absolute Gasteiger partial charge is 0.141 e. The molecule has 0 bridgehead atoms. The molecule has 2 aromatic rings. The molecule has 0 spiro atoms. The van der Waals surface area contributed by atoms with Crippen LogP contribution in [-0.2, 0) is 17.9 Å². The highest BCUT2D eigenvalue weighted by molar-refractivity contribution is 5.54. The predicted molar refractivity (Wildman–Crippen MR) is 55.1 cm³/mol. The van der Waals surface area contributed by atoms with Crippen LogP contribution in [0.3, 0.4) is 0 Å². The van der Waals surface area contributed by atoms with Crippen molar-refractivity contribution in [2.24, 2.45) is 0 Å². The van der Waals surface area contributed by atoms with Crippen LogP contribution in [0.15, 0.2) is 24.4 Å². The minimum absolute atomic E-state index is 0.337. The van der Waals surface area contributed by atoms with Gasteiger partial charge in [-0.05, 0) is 18.2 Å². The zero-order valence-electron chi connectivity index (χ0n) is 8.56. The van der Waals surface area contributed by atoms with E-state index < -0.39 is 0 Å². The number of nitrogens with zero attached hydrogens (tertiary/aromatic N) is 3. The van der Waals surface area contributed by atoms with Crippen LogP contribution in [0.25, 0.3) is 11.4 Å². The van der Waals surface area contributed by atoms with Gasteiger partial charge in [0, 0.05) is 0 Å². The van der Waals surface area contributed by atoms with Crippen LogP contribution in [0.2, 0.25) is 0 Å². The van der Waals surface area contributed by atoms with E-state index in [9.17, 15) is 4.39 Å². The van der Waals surface area contributed by atoms with Crippen LogP contribution in [-0.4, -0.2) is 21.4 Å². The lowest BCUT2D eigenvalue weighted by Crippen LogP contribution is -2.16. The molecule has 0 unspecified atom stereocenters. The Morgan fingerprint density at radius 1 is 1.31 bits per heavy atom. The summed E-state index contributed by atoms with van der Waals surface area (Å²) in [7, 11) is 0. The Morgan fingerprint density at radius 3 is 3.00 bits per heavy atom. The third-order valence-electron chi connectivity index (χ3n) is 2.55. The van der Waals surface area contributed by atoms with Crippen LogP contribution in [0, 0.1) is 5.82 Å². The quantitative estimate of drug-likeness (QED) is 0.731. The first kappa shape index (κ1) is 9.47. The van der Waals surface area contributed by atoms with Crippen molar-refractivity contribution in [3.8, 4) is 11.4 Å². The maximum atomic E-state index is 12.7. The maximum absolute atomic E-state index is 12.7. The van der Waals surface area contributed by atoms with Crippen molar-refractivity contribution in [1.82, 2.24) is 14.8 Å². The highest BCUT2D eigenvalue weighted by Gasteiger charge is 2.13. The zero-order chi connectivity index (χ0) is 11.0. The summed E-state index contributed by atoms with van der Waals surface area (Å²) in [5.74, 6) is -0.337. The summed E-state index contributed by atoms with van der Waals surface area (Å²) >= 11 is 0. The molecule has 1 aliphatic heterocycles. The number of rotatable bonds is 1.